The molecule has 8 heteroatoms. The summed E-state index contributed by atoms with van der Waals surface area (Å²) in [5, 5.41) is 12.4. The van der Waals surface area contributed by atoms with Crippen LogP contribution in [0, 0.1) is 0 Å². The van der Waals surface area contributed by atoms with E-state index in [1.165, 1.54) is 4.90 Å². The Labute approximate surface area is 196 Å². The summed E-state index contributed by atoms with van der Waals surface area (Å²) in [6, 6.07) is 11.7. The van der Waals surface area contributed by atoms with Crippen molar-refractivity contribution in [2.75, 3.05) is 26.9 Å². The summed E-state index contributed by atoms with van der Waals surface area (Å²) < 4.78 is 10.7. The van der Waals surface area contributed by atoms with Gasteiger partial charge in [-0.25, -0.2) is 0 Å². The molecule has 1 fully saturated rings. The molecule has 1 atom stereocenters. The number of aromatic amines is 1. The molecular weight excluding hydrogens is 444 g/mol. The van der Waals surface area contributed by atoms with Gasteiger partial charge in [0.25, 0.3) is 11.7 Å². The SMILES string of the molecule is CCOc1ccc(Cl)c(/C(O)=C2\C(=O)C(=O)N(CCCOC)C2c2c[nH]c3ccccc23)c1. The Morgan fingerprint density at radius 2 is 2.00 bits per heavy atom. The van der Waals surface area contributed by atoms with E-state index in [9.17, 15) is 14.7 Å². The highest BCUT2D eigenvalue weighted by molar-refractivity contribution is 6.47. The highest BCUT2D eigenvalue weighted by Gasteiger charge is 2.46. The standard InChI is InChI=1S/C25H25ClN2O5/c1-3-33-15-9-10-19(26)17(13-15)23(29)21-22(18-14-27-20-8-5-4-7-16(18)20)28(11-6-12-32-2)25(31)24(21)30/h4-5,7-10,13-14,22,27,29H,3,6,11-12H2,1-2H3/b23-21+. The molecule has 1 aliphatic rings. The number of methoxy groups -OCH3 is 1. The number of likely N-dealkylation sites (tertiary alicyclic amines) is 1. The molecule has 1 aromatic heterocycles. The third-order valence-electron chi connectivity index (χ3n) is 5.71. The number of ether oxygens (including phenoxy) is 2. The van der Waals surface area contributed by atoms with Crippen LogP contribution in [-0.4, -0.2) is 53.5 Å². The maximum atomic E-state index is 13.2. The number of hydrogen-bond acceptors (Lipinski definition) is 5. The second kappa shape index (κ2) is 9.68. The molecular formula is C25H25ClN2O5. The lowest BCUT2D eigenvalue weighted by atomic mass is 9.94. The number of ketones is 1. The van der Waals surface area contributed by atoms with Crippen molar-refractivity contribution in [2.45, 2.75) is 19.4 Å². The van der Waals surface area contributed by atoms with E-state index in [0.717, 1.165) is 16.5 Å². The van der Waals surface area contributed by atoms with Crippen LogP contribution in [0.2, 0.25) is 5.02 Å². The molecule has 0 saturated carbocycles. The van der Waals surface area contributed by atoms with Crippen molar-refractivity contribution in [3.05, 3.63) is 70.4 Å². The second-order valence-electron chi connectivity index (χ2n) is 7.70. The van der Waals surface area contributed by atoms with Gasteiger partial charge in [-0.05, 0) is 37.6 Å². The topological polar surface area (TPSA) is 91.9 Å². The van der Waals surface area contributed by atoms with Gasteiger partial charge in [-0.15, -0.1) is 0 Å². The van der Waals surface area contributed by atoms with Gasteiger partial charge in [0.05, 0.1) is 23.2 Å². The van der Waals surface area contributed by atoms with Gasteiger partial charge in [-0.1, -0.05) is 29.8 Å². The fraction of sp³-hybridized carbons (Fsp3) is 0.280. The molecule has 1 amide bonds. The highest BCUT2D eigenvalue weighted by Crippen LogP contribution is 2.43. The molecule has 0 radical (unpaired) electrons. The van der Waals surface area contributed by atoms with E-state index in [2.05, 4.69) is 4.98 Å². The number of aromatic nitrogens is 1. The first-order valence-electron chi connectivity index (χ1n) is 10.7. The Morgan fingerprint density at radius 3 is 2.76 bits per heavy atom. The van der Waals surface area contributed by atoms with Crippen molar-refractivity contribution in [1.29, 1.82) is 0 Å². The van der Waals surface area contributed by atoms with Gasteiger partial charge < -0.3 is 24.5 Å². The Hall–Kier alpha value is -3.29. The maximum absolute atomic E-state index is 13.2. The number of amides is 1. The van der Waals surface area contributed by atoms with Crippen molar-refractivity contribution in [3.63, 3.8) is 0 Å². The van der Waals surface area contributed by atoms with Crippen molar-refractivity contribution in [1.82, 2.24) is 9.88 Å². The smallest absolute Gasteiger partial charge is 0.295 e. The largest absolute Gasteiger partial charge is 0.507 e. The van der Waals surface area contributed by atoms with E-state index in [4.69, 9.17) is 21.1 Å². The Balaban J connectivity index is 1.90. The fourth-order valence-corrected chi connectivity index (χ4v) is 4.43. The van der Waals surface area contributed by atoms with Gasteiger partial charge in [0.2, 0.25) is 0 Å². The van der Waals surface area contributed by atoms with Crippen LogP contribution in [0.15, 0.2) is 54.2 Å². The van der Waals surface area contributed by atoms with Crippen molar-refractivity contribution in [3.8, 4) is 5.75 Å². The number of hydrogen-bond donors (Lipinski definition) is 2. The Kier molecular flexibility index (Phi) is 6.72. The molecule has 3 aromatic rings. The normalized spacial score (nSPS) is 17.8. The minimum atomic E-state index is -0.773. The highest BCUT2D eigenvalue weighted by atomic mass is 35.5. The van der Waals surface area contributed by atoms with Crippen LogP contribution in [-0.2, 0) is 14.3 Å². The second-order valence-corrected chi connectivity index (χ2v) is 8.11. The Morgan fingerprint density at radius 1 is 1.21 bits per heavy atom. The molecule has 1 unspecified atom stereocenters. The van der Waals surface area contributed by atoms with E-state index < -0.39 is 17.7 Å². The zero-order chi connectivity index (χ0) is 23.5. The van der Waals surface area contributed by atoms with E-state index in [1.54, 1.807) is 31.5 Å². The first kappa shape index (κ1) is 22.9. The molecule has 0 spiro atoms. The van der Waals surface area contributed by atoms with Gasteiger partial charge in [0.1, 0.15) is 11.5 Å². The van der Waals surface area contributed by atoms with Gasteiger partial charge in [0, 0.05) is 48.5 Å². The maximum Gasteiger partial charge on any atom is 0.295 e. The van der Waals surface area contributed by atoms with Crippen LogP contribution in [0.5, 0.6) is 5.75 Å². The van der Waals surface area contributed by atoms with Crippen molar-refractivity contribution >= 4 is 40.0 Å². The first-order valence-corrected chi connectivity index (χ1v) is 11.1. The number of benzene rings is 2. The monoisotopic (exact) mass is 468 g/mol. The molecule has 33 heavy (non-hydrogen) atoms. The number of rotatable bonds is 8. The summed E-state index contributed by atoms with van der Waals surface area (Å²) in [5.74, 6) is -1.25. The Bertz CT molecular complexity index is 1230. The lowest BCUT2D eigenvalue weighted by Crippen LogP contribution is -2.31. The lowest BCUT2D eigenvalue weighted by molar-refractivity contribution is -0.140. The summed E-state index contributed by atoms with van der Waals surface area (Å²) in [4.78, 5) is 30.9. The number of halogens is 1. The average molecular weight is 469 g/mol. The number of H-pyrrole nitrogens is 1. The first-order chi connectivity index (χ1) is 16.0. The molecule has 1 aliphatic heterocycles. The van der Waals surface area contributed by atoms with Gasteiger partial charge in [0.15, 0.2) is 0 Å². The molecule has 0 aliphatic carbocycles. The van der Waals surface area contributed by atoms with Crippen LogP contribution < -0.4 is 4.74 Å². The van der Waals surface area contributed by atoms with Crippen LogP contribution in [0.1, 0.15) is 30.5 Å². The zero-order valence-corrected chi connectivity index (χ0v) is 19.2. The molecule has 4 rings (SSSR count). The number of nitrogens with one attached hydrogen (secondary N) is 1. The fourth-order valence-electron chi connectivity index (χ4n) is 4.22. The number of aliphatic hydroxyl groups is 1. The van der Waals surface area contributed by atoms with E-state index in [-0.39, 0.29) is 21.9 Å². The van der Waals surface area contributed by atoms with Crippen LogP contribution in [0.4, 0.5) is 0 Å². The molecule has 2 aromatic carbocycles. The number of Topliss-reactive ketones (excluding diaryl/α,β-unsaturated/α-hetero) is 1. The predicted molar refractivity (Wildman–Crippen MR) is 126 cm³/mol. The zero-order valence-electron chi connectivity index (χ0n) is 18.4. The van der Waals surface area contributed by atoms with E-state index >= 15 is 0 Å². The minimum Gasteiger partial charge on any atom is -0.507 e. The van der Waals surface area contributed by atoms with Crippen molar-refractivity contribution < 1.29 is 24.2 Å². The number of para-hydroxylation sites is 1. The number of nitrogens with zero attached hydrogens (tertiary/aromatic N) is 1. The number of carbonyl (C=O) groups is 2. The minimum absolute atomic E-state index is 0.00211. The van der Waals surface area contributed by atoms with Crippen LogP contribution >= 0.6 is 11.6 Å². The summed E-state index contributed by atoms with van der Waals surface area (Å²) in [5.41, 5.74) is 1.83. The number of fused-ring (bicyclic) bond motifs is 1. The molecule has 172 valence electrons. The third-order valence-corrected chi connectivity index (χ3v) is 6.04. The lowest BCUT2D eigenvalue weighted by Gasteiger charge is -2.25. The average Bonchev–Trinajstić information content (AvgIpc) is 3.34. The quantitative estimate of drug-likeness (QED) is 0.217. The van der Waals surface area contributed by atoms with E-state index in [0.29, 0.717) is 31.9 Å². The molecule has 2 N–H and O–H groups in total. The molecule has 7 nitrogen and oxygen atoms in total. The summed E-state index contributed by atoms with van der Waals surface area (Å²) in [6.45, 7) is 3.01. The summed E-state index contributed by atoms with van der Waals surface area (Å²) in [7, 11) is 1.58. The van der Waals surface area contributed by atoms with Crippen LogP contribution in [0.25, 0.3) is 16.7 Å². The van der Waals surface area contributed by atoms with Crippen LogP contribution in [0.3, 0.4) is 0 Å². The number of carbonyl (C=O) groups excluding carboxylic acids is 2. The van der Waals surface area contributed by atoms with E-state index in [1.807, 2.05) is 31.2 Å². The predicted octanol–water partition coefficient (Wildman–Crippen LogP) is 4.68. The molecule has 1 saturated heterocycles. The third kappa shape index (κ3) is 4.21. The molecule has 2 heterocycles. The summed E-state index contributed by atoms with van der Waals surface area (Å²) in [6.07, 6.45) is 2.32. The van der Waals surface area contributed by atoms with Crippen molar-refractivity contribution in [2.24, 2.45) is 0 Å². The van der Waals surface area contributed by atoms with Gasteiger partial charge in [-0.3, -0.25) is 9.59 Å². The van der Waals surface area contributed by atoms with Gasteiger partial charge >= 0.3 is 0 Å². The summed E-state index contributed by atoms with van der Waals surface area (Å²) >= 11 is 6.38. The van der Waals surface area contributed by atoms with Gasteiger partial charge in [-0.2, -0.15) is 0 Å². The molecule has 0 bridgehead atoms. The number of aliphatic hydroxyl groups excluding tert-OH is 1.